The van der Waals surface area contributed by atoms with E-state index in [1.54, 1.807) is 12.1 Å². The predicted molar refractivity (Wildman–Crippen MR) is 93.4 cm³/mol. The summed E-state index contributed by atoms with van der Waals surface area (Å²) in [5.74, 6) is 0.0396. The number of benzene rings is 1. The lowest BCUT2D eigenvalue weighted by atomic mass is 10.2. The normalized spacial score (nSPS) is 11.3. The second-order valence-corrected chi connectivity index (χ2v) is 7.67. The predicted octanol–water partition coefficient (Wildman–Crippen LogP) is 2.58. The number of amides is 1. The van der Waals surface area contributed by atoms with E-state index in [1.807, 2.05) is 20.8 Å². The molecular weight excluding hydrogens is 326 g/mol. The van der Waals surface area contributed by atoms with Crippen LogP contribution < -0.4 is 10.0 Å². The maximum atomic E-state index is 12.4. The molecule has 1 aromatic heterocycles. The van der Waals surface area contributed by atoms with Crippen LogP contribution in [0.4, 0.5) is 5.69 Å². The molecule has 128 valence electrons. The van der Waals surface area contributed by atoms with Gasteiger partial charge in [0.25, 0.3) is 15.9 Å². The van der Waals surface area contributed by atoms with Crippen LogP contribution in [-0.4, -0.2) is 25.9 Å². The van der Waals surface area contributed by atoms with Crippen molar-refractivity contribution in [3.05, 3.63) is 53.9 Å². The van der Waals surface area contributed by atoms with Crippen LogP contribution >= 0.6 is 0 Å². The number of carbonyl (C=O) groups excluding carboxylic acids is 1. The van der Waals surface area contributed by atoms with Crippen molar-refractivity contribution in [3.8, 4) is 0 Å². The van der Waals surface area contributed by atoms with E-state index in [-0.39, 0.29) is 16.5 Å². The van der Waals surface area contributed by atoms with Gasteiger partial charge in [0.1, 0.15) is 0 Å². The van der Waals surface area contributed by atoms with E-state index in [9.17, 15) is 13.2 Å². The molecule has 0 spiro atoms. The standard InChI is InChI=1S/C17H21N3O3S/c1-12(2)9-19-17(21)14-8-15(11-18-10-14)20-24(22,23)16-6-4-13(3)5-7-16/h4-8,10-12,20H,9H2,1-3H3,(H,19,21). The van der Waals surface area contributed by atoms with Crippen molar-refractivity contribution in [1.29, 1.82) is 0 Å². The topological polar surface area (TPSA) is 88.2 Å². The van der Waals surface area contributed by atoms with Gasteiger partial charge in [-0.05, 0) is 31.0 Å². The molecule has 7 heteroatoms. The Hall–Kier alpha value is -2.41. The summed E-state index contributed by atoms with van der Waals surface area (Å²) in [6.07, 6.45) is 2.77. The molecule has 1 amide bonds. The van der Waals surface area contributed by atoms with Crippen molar-refractivity contribution in [2.75, 3.05) is 11.3 Å². The first kappa shape index (κ1) is 17.9. The van der Waals surface area contributed by atoms with Crippen LogP contribution in [0.15, 0.2) is 47.6 Å². The van der Waals surface area contributed by atoms with Crippen molar-refractivity contribution >= 4 is 21.6 Å². The first-order valence-electron chi connectivity index (χ1n) is 7.60. The number of sulfonamides is 1. The largest absolute Gasteiger partial charge is 0.352 e. The minimum absolute atomic E-state index is 0.155. The van der Waals surface area contributed by atoms with Gasteiger partial charge in [0.2, 0.25) is 0 Å². The molecule has 2 N–H and O–H groups in total. The number of pyridine rings is 1. The Labute approximate surface area is 142 Å². The fraction of sp³-hybridized carbons (Fsp3) is 0.294. The lowest BCUT2D eigenvalue weighted by molar-refractivity contribution is 0.0948. The highest BCUT2D eigenvalue weighted by atomic mass is 32.2. The lowest BCUT2D eigenvalue weighted by Crippen LogP contribution is -2.27. The second-order valence-electron chi connectivity index (χ2n) is 5.98. The number of nitrogens with one attached hydrogen (secondary N) is 2. The number of hydrogen-bond acceptors (Lipinski definition) is 4. The summed E-state index contributed by atoms with van der Waals surface area (Å²) in [5, 5.41) is 2.77. The summed E-state index contributed by atoms with van der Waals surface area (Å²) in [6, 6.07) is 7.98. The average molecular weight is 347 g/mol. The summed E-state index contributed by atoms with van der Waals surface area (Å²) in [6.45, 7) is 6.40. The smallest absolute Gasteiger partial charge is 0.261 e. The molecule has 1 aromatic carbocycles. The highest BCUT2D eigenvalue weighted by molar-refractivity contribution is 7.92. The number of rotatable bonds is 6. The van der Waals surface area contributed by atoms with Crippen LogP contribution in [0.1, 0.15) is 29.8 Å². The lowest BCUT2D eigenvalue weighted by Gasteiger charge is -2.10. The number of nitrogens with zero attached hydrogens (tertiary/aromatic N) is 1. The summed E-state index contributed by atoms with van der Waals surface area (Å²) < 4.78 is 27.2. The minimum Gasteiger partial charge on any atom is -0.352 e. The summed E-state index contributed by atoms with van der Waals surface area (Å²) in [7, 11) is -3.72. The van der Waals surface area contributed by atoms with Crippen molar-refractivity contribution in [2.45, 2.75) is 25.7 Å². The monoisotopic (exact) mass is 347 g/mol. The highest BCUT2D eigenvalue weighted by Crippen LogP contribution is 2.17. The van der Waals surface area contributed by atoms with Gasteiger partial charge >= 0.3 is 0 Å². The molecule has 0 aliphatic carbocycles. The molecular formula is C17H21N3O3S. The Kier molecular flexibility index (Phi) is 5.56. The van der Waals surface area contributed by atoms with E-state index in [0.29, 0.717) is 18.0 Å². The Morgan fingerprint density at radius 2 is 1.83 bits per heavy atom. The first-order valence-corrected chi connectivity index (χ1v) is 9.09. The third kappa shape index (κ3) is 4.79. The van der Waals surface area contributed by atoms with Gasteiger partial charge in [0.15, 0.2) is 0 Å². The molecule has 0 unspecified atom stereocenters. The number of hydrogen-bond donors (Lipinski definition) is 2. The van der Waals surface area contributed by atoms with E-state index in [0.717, 1.165) is 5.56 Å². The van der Waals surface area contributed by atoms with Gasteiger partial charge in [-0.25, -0.2) is 8.42 Å². The molecule has 0 bridgehead atoms. The van der Waals surface area contributed by atoms with Gasteiger partial charge in [-0.1, -0.05) is 31.5 Å². The summed E-state index contributed by atoms with van der Waals surface area (Å²) >= 11 is 0. The van der Waals surface area contributed by atoms with Gasteiger partial charge in [0.05, 0.1) is 22.3 Å². The van der Waals surface area contributed by atoms with Crippen molar-refractivity contribution in [2.24, 2.45) is 5.92 Å². The van der Waals surface area contributed by atoms with Crippen LogP contribution in [0.3, 0.4) is 0 Å². The fourth-order valence-electron chi connectivity index (χ4n) is 1.95. The van der Waals surface area contributed by atoms with Gasteiger partial charge < -0.3 is 5.32 Å². The van der Waals surface area contributed by atoms with Crippen molar-refractivity contribution in [1.82, 2.24) is 10.3 Å². The van der Waals surface area contributed by atoms with Crippen LogP contribution in [0.2, 0.25) is 0 Å². The first-order chi connectivity index (χ1) is 11.3. The van der Waals surface area contributed by atoms with Gasteiger partial charge in [-0.2, -0.15) is 0 Å². The molecule has 0 atom stereocenters. The molecule has 0 saturated carbocycles. The number of anilines is 1. The molecule has 0 saturated heterocycles. The zero-order valence-corrected chi connectivity index (χ0v) is 14.7. The molecule has 0 radical (unpaired) electrons. The molecule has 2 aromatic rings. The van der Waals surface area contributed by atoms with Gasteiger partial charge in [-0.15, -0.1) is 0 Å². The molecule has 1 heterocycles. The fourth-order valence-corrected chi connectivity index (χ4v) is 2.98. The number of carbonyl (C=O) groups is 1. The molecule has 0 fully saturated rings. The third-order valence-corrected chi connectivity index (χ3v) is 4.65. The number of aryl methyl sites for hydroxylation is 1. The molecule has 2 rings (SSSR count). The Morgan fingerprint density at radius 1 is 1.17 bits per heavy atom. The second kappa shape index (κ2) is 7.44. The Balaban J connectivity index is 2.16. The molecule has 6 nitrogen and oxygen atoms in total. The van der Waals surface area contributed by atoms with Crippen LogP contribution in [0.5, 0.6) is 0 Å². The zero-order valence-electron chi connectivity index (χ0n) is 13.9. The van der Waals surface area contributed by atoms with Crippen molar-refractivity contribution in [3.63, 3.8) is 0 Å². The minimum atomic E-state index is -3.72. The third-order valence-electron chi connectivity index (χ3n) is 3.25. The van der Waals surface area contributed by atoms with E-state index >= 15 is 0 Å². The van der Waals surface area contributed by atoms with Crippen LogP contribution in [0.25, 0.3) is 0 Å². The Bertz CT molecular complexity index is 815. The van der Waals surface area contributed by atoms with Crippen LogP contribution in [0, 0.1) is 12.8 Å². The van der Waals surface area contributed by atoms with Gasteiger partial charge in [-0.3, -0.25) is 14.5 Å². The van der Waals surface area contributed by atoms with E-state index in [4.69, 9.17) is 0 Å². The molecule has 0 aliphatic rings. The van der Waals surface area contributed by atoms with Crippen molar-refractivity contribution < 1.29 is 13.2 Å². The summed E-state index contributed by atoms with van der Waals surface area (Å²) in [5.41, 5.74) is 1.52. The molecule has 24 heavy (non-hydrogen) atoms. The number of aromatic nitrogens is 1. The average Bonchev–Trinajstić information content (AvgIpc) is 2.52. The van der Waals surface area contributed by atoms with Gasteiger partial charge in [0, 0.05) is 12.7 Å². The van der Waals surface area contributed by atoms with E-state index < -0.39 is 10.0 Å². The zero-order chi connectivity index (χ0) is 17.7. The highest BCUT2D eigenvalue weighted by Gasteiger charge is 2.15. The Morgan fingerprint density at radius 3 is 2.46 bits per heavy atom. The van der Waals surface area contributed by atoms with E-state index in [2.05, 4.69) is 15.0 Å². The molecule has 0 aliphatic heterocycles. The summed E-state index contributed by atoms with van der Waals surface area (Å²) in [4.78, 5) is 16.1. The SMILES string of the molecule is Cc1ccc(S(=O)(=O)Nc2cncc(C(=O)NCC(C)C)c2)cc1. The quantitative estimate of drug-likeness (QED) is 0.840. The van der Waals surface area contributed by atoms with E-state index in [1.165, 1.54) is 30.6 Å². The van der Waals surface area contributed by atoms with Crippen LogP contribution in [-0.2, 0) is 10.0 Å². The maximum absolute atomic E-state index is 12.4. The maximum Gasteiger partial charge on any atom is 0.261 e.